The molecule has 15 heavy (non-hydrogen) atoms. The second-order valence-corrected chi connectivity index (χ2v) is 3.06. The van der Waals surface area contributed by atoms with E-state index in [0.717, 1.165) is 0 Å². The number of halogens is 1. The van der Waals surface area contributed by atoms with E-state index in [1.807, 2.05) is 0 Å². The smallest absolute Gasteiger partial charge is 0.129 e. The van der Waals surface area contributed by atoms with Crippen molar-refractivity contribution < 1.29 is 9.13 Å². The minimum absolute atomic E-state index is 0.233. The quantitative estimate of drug-likeness (QED) is 0.765. The maximum absolute atomic E-state index is 13.2. The summed E-state index contributed by atoms with van der Waals surface area (Å²) in [4.78, 5) is 3.86. The van der Waals surface area contributed by atoms with Crippen LogP contribution < -0.4 is 4.74 Å². The van der Waals surface area contributed by atoms with Crippen LogP contribution in [-0.4, -0.2) is 4.98 Å². The third-order valence-corrected chi connectivity index (χ3v) is 2.00. The van der Waals surface area contributed by atoms with Crippen molar-refractivity contribution in [1.29, 1.82) is 0 Å². The Kier molecular flexibility index (Phi) is 2.93. The summed E-state index contributed by atoms with van der Waals surface area (Å²) in [5.74, 6) is 0.444. The molecule has 0 atom stereocenters. The molecule has 2 rings (SSSR count). The molecule has 0 N–H and O–H groups in total. The fraction of sp³-hybridized carbons (Fsp3) is 0.0833. The van der Waals surface area contributed by atoms with Crippen LogP contribution in [0.3, 0.4) is 0 Å². The molecule has 0 radical (unpaired) electrons. The molecule has 0 fully saturated rings. The highest BCUT2D eigenvalue weighted by Crippen LogP contribution is 2.12. The second kappa shape index (κ2) is 4.55. The summed E-state index contributed by atoms with van der Waals surface area (Å²) >= 11 is 0. The fourth-order valence-electron chi connectivity index (χ4n) is 1.21. The van der Waals surface area contributed by atoms with Gasteiger partial charge in [-0.3, -0.25) is 4.98 Å². The lowest BCUT2D eigenvalue weighted by Gasteiger charge is -2.06. The van der Waals surface area contributed by atoms with Crippen LogP contribution in [0.1, 0.15) is 5.56 Å². The zero-order chi connectivity index (χ0) is 10.5. The first-order valence-corrected chi connectivity index (χ1v) is 4.62. The Morgan fingerprint density at radius 2 is 1.80 bits per heavy atom. The Balaban J connectivity index is 2.03. The van der Waals surface area contributed by atoms with Crippen molar-refractivity contribution in [2.45, 2.75) is 6.61 Å². The number of hydrogen-bond acceptors (Lipinski definition) is 2. The first kappa shape index (κ1) is 9.65. The minimum Gasteiger partial charge on any atom is -0.489 e. The number of rotatable bonds is 3. The fourth-order valence-corrected chi connectivity index (χ4v) is 1.21. The van der Waals surface area contributed by atoms with Gasteiger partial charge in [0.15, 0.2) is 0 Å². The van der Waals surface area contributed by atoms with Gasteiger partial charge in [-0.25, -0.2) is 4.39 Å². The van der Waals surface area contributed by atoms with Gasteiger partial charge in [-0.15, -0.1) is 0 Å². The molecule has 0 saturated heterocycles. The number of nitrogens with zero attached hydrogens (tertiary/aromatic N) is 1. The SMILES string of the molecule is Fc1ccccc1COc1ccncc1. The Morgan fingerprint density at radius 1 is 1.07 bits per heavy atom. The number of benzene rings is 1. The third-order valence-electron chi connectivity index (χ3n) is 2.00. The molecule has 0 amide bonds. The van der Waals surface area contributed by atoms with Crippen LogP contribution in [-0.2, 0) is 6.61 Å². The standard InChI is InChI=1S/C12H10FNO/c13-12-4-2-1-3-10(12)9-15-11-5-7-14-8-6-11/h1-8H,9H2. The first-order valence-electron chi connectivity index (χ1n) is 4.62. The monoisotopic (exact) mass is 203 g/mol. The molecule has 0 spiro atoms. The van der Waals surface area contributed by atoms with Crippen molar-refractivity contribution in [1.82, 2.24) is 4.98 Å². The Bertz CT molecular complexity index is 431. The van der Waals surface area contributed by atoms with Crippen molar-refractivity contribution in [2.24, 2.45) is 0 Å². The van der Waals surface area contributed by atoms with Gasteiger partial charge in [0.05, 0.1) is 0 Å². The second-order valence-electron chi connectivity index (χ2n) is 3.06. The molecule has 3 heteroatoms. The molecule has 1 aromatic heterocycles. The van der Waals surface area contributed by atoms with E-state index in [2.05, 4.69) is 4.98 Å². The maximum Gasteiger partial charge on any atom is 0.129 e. The predicted octanol–water partition coefficient (Wildman–Crippen LogP) is 2.80. The van der Waals surface area contributed by atoms with Gasteiger partial charge in [-0.2, -0.15) is 0 Å². The van der Waals surface area contributed by atoms with Crippen LogP contribution in [0.25, 0.3) is 0 Å². The van der Waals surface area contributed by atoms with Crippen LogP contribution in [0.15, 0.2) is 48.8 Å². The molecule has 1 aromatic carbocycles. The van der Waals surface area contributed by atoms with Gasteiger partial charge in [0, 0.05) is 18.0 Å². The number of ether oxygens (including phenoxy) is 1. The number of hydrogen-bond donors (Lipinski definition) is 0. The van der Waals surface area contributed by atoms with Gasteiger partial charge in [-0.1, -0.05) is 18.2 Å². The van der Waals surface area contributed by atoms with Crippen molar-refractivity contribution in [2.75, 3.05) is 0 Å². The van der Waals surface area contributed by atoms with Crippen molar-refractivity contribution in [3.05, 3.63) is 60.2 Å². The van der Waals surface area contributed by atoms with Gasteiger partial charge in [0.2, 0.25) is 0 Å². The summed E-state index contributed by atoms with van der Waals surface area (Å²) in [6, 6.07) is 10.0. The molecule has 0 aliphatic heterocycles. The van der Waals surface area contributed by atoms with E-state index in [0.29, 0.717) is 11.3 Å². The molecule has 2 aromatic rings. The van der Waals surface area contributed by atoms with Crippen molar-refractivity contribution in [3.63, 3.8) is 0 Å². The molecule has 0 bridgehead atoms. The lowest BCUT2D eigenvalue weighted by molar-refractivity contribution is 0.299. The van der Waals surface area contributed by atoms with Crippen LogP contribution in [0, 0.1) is 5.82 Å². The molecule has 0 aliphatic carbocycles. The summed E-state index contributed by atoms with van der Waals surface area (Å²) in [6.45, 7) is 0.233. The highest BCUT2D eigenvalue weighted by molar-refractivity contribution is 5.20. The Labute approximate surface area is 87.4 Å². The molecule has 76 valence electrons. The maximum atomic E-state index is 13.2. The van der Waals surface area contributed by atoms with Gasteiger partial charge < -0.3 is 4.74 Å². The number of pyridine rings is 1. The zero-order valence-electron chi connectivity index (χ0n) is 8.06. The first-order chi connectivity index (χ1) is 7.36. The molecular formula is C12H10FNO. The van der Waals surface area contributed by atoms with E-state index in [-0.39, 0.29) is 12.4 Å². The normalized spacial score (nSPS) is 9.93. The van der Waals surface area contributed by atoms with Crippen LogP contribution in [0.5, 0.6) is 5.75 Å². The molecular weight excluding hydrogens is 193 g/mol. The summed E-state index contributed by atoms with van der Waals surface area (Å²) in [5, 5.41) is 0. The molecule has 0 saturated carbocycles. The van der Waals surface area contributed by atoms with Gasteiger partial charge >= 0.3 is 0 Å². The average Bonchev–Trinajstić information content (AvgIpc) is 2.29. The van der Waals surface area contributed by atoms with Gasteiger partial charge in [0.25, 0.3) is 0 Å². The van der Waals surface area contributed by atoms with E-state index >= 15 is 0 Å². The minimum atomic E-state index is -0.244. The van der Waals surface area contributed by atoms with E-state index in [9.17, 15) is 4.39 Å². The Morgan fingerprint density at radius 3 is 2.53 bits per heavy atom. The van der Waals surface area contributed by atoms with Crippen LogP contribution in [0.2, 0.25) is 0 Å². The third kappa shape index (κ3) is 2.53. The van der Waals surface area contributed by atoms with Gasteiger partial charge in [-0.05, 0) is 18.2 Å². The molecule has 0 aliphatic rings. The van der Waals surface area contributed by atoms with Crippen LogP contribution >= 0.6 is 0 Å². The van der Waals surface area contributed by atoms with E-state index in [1.165, 1.54) is 6.07 Å². The van der Waals surface area contributed by atoms with Crippen molar-refractivity contribution in [3.8, 4) is 5.75 Å². The summed E-state index contributed by atoms with van der Waals surface area (Å²) in [7, 11) is 0. The van der Waals surface area contributed by atoms with Crippen molar-refractivity contribution >= 4 is 0 Å². The predicted molar refractivity (Wildman–Crippen MR) is 55.0 cm³/mol. The summed E-state index contributed by atoms with van der Waals surface area (Å²) < 4.78 is 18.6. The van der Waals surface area contributed by atoms with Crippen LogP contribution in [0.4, 0.5) is 4.39 Å². The molecule has 1 heterocycles. The highest BCUT2D eigenvalue weighted by Gasteiger charge is 2.00. The highest BCUT2D eigenvalue weighted by atomic mass is 19.1. The Hall–Kier alpha value is -1.90. The van der Waals surface area contributed by atoms with E-state index in [1.54, 1.807) is 42.7 Å². The summed E-state index contributed by atoms with van der Waals surface area (Å²) in [6.07, 6.45) is 3.27. The average molecular weight is 203 g/mol. The van der Waals surface area contributed by atoms with Gasteiger partial charge in [0.1, 0.15) is 18.2 Å². The molecule has 2 nitrogen and oxygen atoms in total. The lowest BCUT2D eigenvalue weighted by Crippen LogP contribution is -1.97. The summed E-state index contributed by atoms with van der Waals surface area (Å²) in [5.41, 5.74) is 0.550. The zero-order valence-corrected chi connectivity index (χ0v) is 8.06. The largest absolute Gasteiger partial charge is 0.489 e. The lowest BCUT2D eigenvalue weighted by atomic mass is 10.2. The van der Waals surface area contributed by atoms with E-state index < -0.39 is 0 Å². The molecule has 0 unspecified atom stereocenters. The van der Waals surface area contributed by atoms with E-state index in [4.69, 9.17) is 4.74 Å². The number of aromatic nitrogens is 1. The topological polar surface area (TPSA) is 22.1 Å².